The summed E-state index contributed by atoms with van der Waals surface area (Å²) >= 11 is 7.48. The highest BCUT2D eigenvalue weighted by Crippen LogP contribution is 2.14. The quantitative estimate of drug-likeness (QED) is 0.616. The Bertz CT molecular complexity index is 793. The van der Waals surface area contributed by atoms with Crippen molar-refractivity contribution in [2.45, 2.75) is 32.7 Å². The molecule has 8 heteroatoms. The van der Waals surface area contributed by atoms with Gasteiger partial charge in [0.1, 0.15) is 6.04 Å². The number of benzene rings is 1. The smallest absolute Gasteiger partial charge is 0.271 e. The Kier molecular flexibility index (Phi) is 7.82. The first-order chi connectivity index (χ1) is 12.9. The third-order valence-corrected chi connectivity index (χ3v) is 4.78. The molecule has 6 nitrogen and oxygen atoms in total. The molecule has 3 N–H and O–H groups in total. The van der Waals surface area contributed by atoms with E-state index in [2.05, 4.69) is 16.2 Å². The second-order valence-corrected chi connectivity index (χ2v) is 7.67. The number of nitrogens with one attached hydrogen (secondary N) is 3. The van der Waals surface area contributed by atoms with Gasteiger partial charge in [0.15, 0.2) is 0 Å². The van der Waals surface area contributed by atoms with E-state index in [-0.39, 0.29) is 28.8 Å². The van der Waals surface area contributed by atoms with E-state index in [1.807, 2.05) is 30.7 Å². The molecule has 0 spiro atoms. The molecule has 2 aromatic rings. The number of carbonyl (C=O) groups is 3. The number of amides is 3. The van der Waals surface area contributed by atoms with Gasteiger partial charge >= 0.3 is 0 Å². The number of hydrogen-bond donors (Lipinski definition) is 3. The van der Waals surface area contributed by atoms with Crippen LogP contribution in [-0.4, -0.2) is 23.8 Å². The van der Waals surface area contributed by atoms with Crippen molar-refractivity contribution in [2.24, 2.45) is 5.92 Å². The van der Waals surface area contributed by atoms with Crippen LogP contribution in [0, 0.1) is 5.92 Å². The monoisotopic (exact) mass is 407 g/mol. The number of hydrogen-bond acceptors (Lipinski definition) is 4. The van der Waals surface area contributed by atoms with Crippen LogP contribution in [0.3, 0.4) is 0 Å². The Hall–Kier alpha value is -2.38. The molecule has 0 aliphatic rings. The van der Waals surface area contributed by atoms with Crippen LogP contribution in [0.5, 0.6) is 0 Å². The Morgan fingerprint density at radius 2 is 1.85 bits per heavy atom. The summed E-state index contributed by atoms with van der Waals surface area (Å²) in [7, 11) is 0. The van der Waals surface area contributed by atoms with Gasteiger partial charge in [-0.2, -0.15) is 11.3 Å². The topological polar surface area (TPSA) is 87.3 Å². The predicted molar refractivity (Wildman–Crippen MR) is 106 cm³/mol. The normalized spacial score (nSPS) is 11.7. The molecular weight excluding hydrogens is 386 g/mol. The predicted octanol–water partition coefficient (Wildman–Crippen LogP) is 2.94. The lowest BCUT2D eigenvalue weighted by molar-refractivity contribution is -0.129. The first-order valence-corrected chi connectivity index (χ1v) is 9.84. The van der Waals surface area contributed by atoms with Gasteiger partial charge in [0.2, 0.25) is 5.91 Å². The third kappa shape index (κ3) is 6.69. The highest BCUT2D eigenvalue weighted by Gasteiger charge is 2.23. The van der Waals surface area contributed by atoms with E-state index in [9.17, 15) is 14.4 Å². The van der Waals surface area contributed by atoms with Gasteiger partial charge in [-0.15, -0.1) is 0 Å². The summed E-state index contributed by atoms with van der Waals surface area (Å²) in [5.74, 6) is -1.07. The molecule has 0 bridgehead atoms. The van der Waals surface area contributed by atoms with Gasteiger partial charge in [0.25, 0.3) is 11.8 Å². The van der Waals surface area contributed by atoms with Crippen molar-refractivity contribution in [3.05, 3.63) is 57.2 Å². The third-order valence-electron chi connectivity index (χ3n) is 3.72. The second kappa shape index (κ2) is 10.1. The molecule has 3 amide bonds. The second-order valence-electron chi connectivity index (χ2n) is 6.48. The summed E-state index contributed by atoms with van der Waals surface area (Å²) in [6.45, 7) is 3.90. The van der Waals surface area contributed by atoms with Gasteiger partial charge in [-0.25, -0.2) is 0 Å². The molecule has 1 aromatic carbocycles. The average molecular weight is 408 g/mol. The van der Waals surface area contributed by atoms with Crippen LogP contribution in [0.15, 0.2) is 41.1 Å². The zero-order valence-corrected chi connectivity index (χ0v) is 16.7. The molecule has 0 aliphatic heterocycles. The van der Waals surface area contributed by atoms with Gasteiger partial charge in [0.05, 0.1) is 17.0 Å². The zero-order valence-electron chi connectivity index (χ0n) is 15.1. The van der Waals surface area contributed by atoms with Crippen LogP contribution >= 0.6 is 22.9 Å². The lowest BCUT2D eigenvalue weighted by Crippen LogP contribution is -2.53. The average Bonchev–Trinajstić information content (AvgIpc) is 3.11. The van der Waals surface area contributed by atoms with Crippen molar-refractivity contribution >= 4 is 40.7 Å². The van der Waals surface area contributed by atoms with Crippen molar-refractivity contribution < 1.29 is 14.4 Å². The Morgan fingerprint density at radius 3 is 2.48 bits per heavy atom. The van der Waals surface area contributed by atoms with Crippen LogP contribution in [0.4, 0.5) is 0 Å². The number of carbonyl (C=O) groups excluding carboxylic acids is 3. The molecule has 0 unspecified atom stereocenters. The minimum Gasteiger partial charge on any atom is -0.344 e. The molecule has 1 aromatic heterocycles. The molecule has 0 saturated carbocycles. The fourth-order valence-electron chi connectivity index (χ4n) is 2.45. The molecule has 144 valence electrons. The van der Waals surface area contributed by atoms with E-state index in [1.54, 1.807) is 24.3 Å². The Labute approximate surface area is 167 Å². The van der Waals surface area contributed by atoms with E-state index in [1.165, 1.54) is 11.3 Å². The van der Waals surface area contributed by atoms with Crippen LogP contribution in [0.2, 0.25) is 5.02 Å². The number of thiophene rings is 1. The van der Waals surface area contributed by atoms with Crippen LogP contribution in [0.1, 0.15) is 36.2 Å². The molecule has 0 aliphatic carbocycles. The zero-order chi connectivity index (χ0) is 19.8. The minimum atomic E-state index is -0.748. The van der Waals surface area contributed by atoms with Crippen molar-refractivity contribution in [2.75, 3.05) is 0 Å². The summed E-state index contributed by atoms with van der Waals surface area (Å²) in [6.07, 6.45) is 0.653. The maximum atomic E-state index is 12.5. The van der Waals surface area contributed by atoms with Crippen LogP contribution in [-0.2, 0) is 16.0 Å². The summed E-state index contributed by atoms with van der Waals surface area (Å²) in [6, 6.07) is 7.64. The van der Waals surface area contributed by atoms with Gasteiger partial charge in [-0.05, 0) is 46.9 Å². The van der Waals surface area contributed by atoms with E-state index < -0.39 is 17.9 Å². The van der Waals surface area contributed by atoms with E-state index in [4.69, 9.17) is 11.6 Å². The maximum absolute atomic E-state index is 12.5. The maximum Gasteiger partial charge on any atom is 0.271 e. The van der Waals surface area contributed by atoms with E-state index >= 15 is 0 Å². The molecule has 0 radical (unpaired) electrons. The van der Waals surface area contributed by atoms with Crippen molar-refractivity contribution in [1.82, 2.24) is 16.2 Å². The van der Waals surface area contributed by atoms with Crippen molar-refractivity contribution in [1.29, 1.82) is 0 Å². The fourth-order valence-corrected chi connectivity index (χ4v) is 3.34. The van der Waals surface area contributed by atoms with Gasteiger partial charge in [0, 0.05) is 0 Å². The van der Waals surface area contributed by atoms with Gasteiger partial charge in [-0.3, -0.25) is 25.2 Å². The van der Waals surface area contributed by atoms with Gasteiger partial charge in [-0.1, -0.05) is 37.6 Å². The van der Waals surface area contributed by atoms with E-state index in [0.29, 0.717) is 6.42 Å². The molecule has 0 fully saturated rings. The number of hydrazine groups is 1. The highest BCUT2D eigenvalue weighted by atomic mass is 35.5. The molecule has 27 heavy (non-hydrogen) atoms. The van der Waals surface area contributed by atoms with Crippen molar-refractivity contribution in [3.63, 3.8) is 0 Å². The molecule has 1 atom stereocenters. The SMILES string of the molecule is CC(C)C[C@@H](NC(=O)Cc1ccsc1)C(=O)NNC(=O)c1ccccc1Cl. The largest absolute Gasteiger partial charge is 0.344 e. The number of rotatable bonds is 7. The summed E-state index contributed by atoms with van der Waals surface area (Å²) in [5, 5.41) is 6.81. The van der Waals surface area contributed by atoms with E-state index in [0.717, 1.165) is 5.56 Å². The lowest BCUT2D eigenvalue weighted by atomic mass is 10.0. The molecule has 2 rings (SSSR count). The lowest BCUT2D eigenvalue weighted by Gasteiger charge is -2.20. The first kappa shape index (κ1) is 20.9. The summed E-state index contributed by atoms with van der Waals surface area (Å²) in [4.78, 5) is 36.8. The molecule has 1 heterocycles. The Balaban J connectivity index is 1.94. The standard InChI is InChI=1S/C19H22ClN3O3S/c1-12(2)9-16(21-17(24)10-13-7-8-27-11-13)19(26)23-22-18(25)14-5-3-4-6-15(14)20/h3-8,11-12,16H,9-10H2,1-2H3,(H,21,24)(H,22,25)(H,23,26)/t16-/m1/s1. The summed E-state index contributed by atoms with van der Waals surface area (Å²) < 4.78 is 0. The van der Waals surface area contributed by atoms with Gasteiger partial charge < -0.3 is 5.32 Å². The molecule has 0 saturated heterocycles. The van der Waals surface area contributed by atoms with Crippen LogP contribution in [0.25, 0.3) is 0 Å². The molecular formula is C19H22ClN3O3S. The minimum absolute atomic E-state index is 0.182. The Morgan fingerprint density at radius 1 is 1.11 bits per heavy atom. The highest BCUT2D eigenvalue weighted by molar-refractivity contribution is 7.08. The number of halogens is 1. The van der Waals surface area contributed by atoms with Crippen molar-refractivity contribution in [3.8, 4) is 0 Å². The first-order valence-electron chi connectivity index (χ1n) is 8.52. The van der Waals surface area contributed by atoms with Crippen LogP contribution < -0.4 is 16.2 Å². The summed E-state index contributed by atoms with van der Waals surface area (Å²) in [5.41, 5.74) is 5.86. The fraction of sp³-hybridized carbons (Fsp3) is 0.316.